The van der Waals surface area contributed by atoms with Crippen molar-refractivity contribution in [2.45, 2.75) is 30.2 Å². The number of hydrazine groups is 1. The first-order valence-corrected chi connectivity index (χ1v) is 10.9. The number of benzene rings is 2. The topological polar surface area (TPSA) is 35.6 Å². The zero-order valence-electron chi connectivity index (χ0n) is 17.2. The molecule has 5 rings (SSSR count). The first-order chi connectivity index (χ1) is 14.0. The van der Waals surface area contributed by atoms with Crippen LogP contribution in [0, 0.1) is 5.92 Å². The van der Waals surface area contributed by atoms with Crippen LogP contribution in [0.4, 0.5) is 0 Å². The van der Waals surface area contributed by atoms with Crippen molar-refractivity contribution in [2.24, 2.45) is 5.92 Å². The van der Waals surface area contributed by atoms with E-state index in [-0.39, 0.29) is 17.3 Å². The molecule has 2 atom stereocenters. The number of hydrogen-bond donors (Lipinski definition) is 1. The lowest BCUT2D eigenvalue weighted by molar-refractivity contribution is -0.124. The third-order valence-electron chi connectivity index (χ3n) is 6.96. The zero-order chi connectivity index (χ0) is 20.4. The Morgan fingerprint density at radius 3 is 2.00 bits per heavy atom. The van der Waals surface area contributed by atoms with Gasteiger partial charge in [-0.25, -0.2) is 5.01 Å². The van der Waals surface area contributed by atoms with Gasteiger partial charge in [0.05, 0.1) is 0 Å². The standard InChI is InChI=1S/C24H30ClN3O/c1-27(2)24-13-20(18-9-5-3-6-10-18)22(16-28(17-24)26-23(29)15-25)21(14-24)19-11-7-4-8-12-19/h3-12,20-22H,13-17H2,1-2H3,(H,26,29). The monoisotopic (exact) mass is 411 g/mol. The predicted molar refractivity (Wildman–Crippen MR) is 118 cm³/mol. The van der Waals surface area contributed by atoms with Gasteiger partial charge in [0, 0.05) is 18.6 Å². The summed E-state index contributed by atoms with van der Waals surface area (Å²) in [5.74, 6) is 1.16. The van der Waals surface area contributed by atoms with Gasteiger partial charge in [0.25, 0.3) is 0 Å². The number of nitrogens with zero attached hydrogens (tertiary/aromatic N) is 2. The highest BCUT2D eigenvalue weighted by molar-refractivity contribution is 6.27. The summed E-state index contributed by atoms with van der Waals surface area (Å²) in [5.41, 5.74) is 5.84. The first kappa shape index (κ1) is 20.4. The summed E-state index contributed by atoms with van der Waals surface area (Å²) in [7, 11) is 4.36. The van der Waals surface area contributed by atoms with Gasteiger partial charge in [-0.15, -0.1) is 11.6 Å². The van der Waals surface area contributed by atoms with E-state index in [0.717, 1.165) is 25.9 Å². The van der Waals surface area contributed by atoms with E-state index < -0.39 is 0 Å². The number of fused-ring (bicyclic) bond motifs is 4. The number of carbonyl (C=O) groups excluding carboxylic acids is 1. The Bertz CT molecular complexity index is 777. The van der Waals surface area contributed by atoms with Gasteiger partial charge in [-0.3, -0.25) is 10.2 Å². The maximum atomic E-state index is 12.1. The molecule has 5 heteroatoms. The summed E-state index contributed by atoms with van der Waals surface area (Å²) in [6, 6.07) is 21.8. The van der Waals surface area contributed by atoms with Crippen molar-refractivity contribution in [3.8, 4) is 0 Å². The van der Waals surface area contributed by atoms with Gasteiger partial charge < -0.3 is 4.90 Å². The Morgan fingerprint density at radius 1 is 1.03 bits per heavy atom. The largest absolute Gasteiger partial charge is 0.302 e. The van der Waals surface area contributed by atoms with E-state index >= 15 is 0 Å². The van der Waals surface area contributed by atoms with Crippen LogP contribution in [0.25, 0.3) is 0 Å². The summed E-state index contributed by atoms with van der Waals surface area (Å²) in [6.45, 7) is 1.64. The van der Waals surface area contributed by atoms with E-state index in [1.165, 1.54) is 11.1 Å². The van der Waals surface area contributed by atoms with Crippen molar-refractivity contribution in [3.05, 3.63) is 71.8 Å². The van der Waals surface area contributed by atoms with E-state index in [1.54, 1.807) is 0 Å². The molecule has 0 aromatic heterocycles. The zero-order valence-corrected chi connectivity index (χ0v) is 18.0. The third-order valence-corrected chi connectivity index (χ3v) is 7.20. The van der Waals surface area contributed by atoms with Gasteiger partial charge in [-0.05, 0) is 55.8 Å². The molecular formula is C24H30ClN3O. The van der Waals surface area contributed by atoms with Gasteiger partial charge in [-0.1, -0.05) is 60.7 Å². The lowest BCUT2D eigenvalue weighted by Gasteiger charge is -2.49. The number of amides is 1. The van der Waals surface area contributed by atoms with E-state index in [9.17, 15) is 4.79 Å². The average molecular weight is 412 g/mol. The van der Waals surface area contributed by atoms with Crippen LogP contribution in [0.5, 0.6) is 0 Å². The molecule has 2 unspecified atom stereocenters. The van der Waals surface area contributed by atoms with Gasteiger partial charge in [0.2, 0.25) is 5.91 Å². The molecule has 2 saturated heterocycles. The van der Waals surface area contributed by atoms with Crippen molar-refractivity contribution in [1.29, 1.82) is 0 Å². The normalized spacial score (nSPS) is 29.6. The van der Waals surface area contributed by atoms with E-state index in [2.05, 4.69) is 90.1 Å². The fourth-order valence-corrected chi connectivity index (χ4v) is 5.53. The van der Waals surface area contributed by atoms with Crippen LogP contribution < -0.4 is 5.43 Å². The van der Waals surface area contributed by atoms with E-state index in [0.29, 0.717) is 17.8 Å². The number of likely N-dealkylation sites (N-methyl/N-ethyl adjacent to an activating group) is 1. The molecule has 3 aliphatic rings. The SMILES string of the molecule is CN(C)C12CC(c3ccccc3)C(CN(NC(=O)CCl)C1)C(c1ccccc1)C2. The molecule has 2 bridgehead atoms. The molecule has 0 radical (unpaired) electrons. The second-order valence-corrected chi connectivity index (χ2v) is 9.04. The number of nitrogens with one attached hydrogen (secondary N) is 1. The average Bonchev–Trinajstić information content (AvgIpc) is 3.01. The molecule has 154 valence electrons. The van der Waals surface area contributed by atoms with Crippen molar-refractivity contribution in [3.63, 3.8) is 0 Å². The molecule has 2 aromatic rings. The molecule has 1 aliphatic carbocycles. The molecule has 2 aromatic carbocycles. The summed E-state index contributed by atoms with van der Waals surface area (Å²) >= 11 is 5.80. The summed E-state index contributed by atoms with van der Waals surface area (Å²) in [4.78, 5) is 14.5. The smallest absolute Gasteiger partial charge is 0.249 e. The molecule has 1 saturated carbocycles. The summed E-state index contributed by atoms with van der Waals surface area (Å²) in [5, 5.41) is 2.13. The molecule has 1 N–H and O–H groups in total. The maximum absolute atomic E-state index is 12.1. The van der Waals surface area contributed by atoms with Crippen molar-refractivity contribution in [2.75, 3.05) is 33.1 Å². The molecular weight excluding hydrogens is 382 g/mol. The van der Waals surface area contributed by atoms with Crippen LogP contribution in [0.1, 0.15) is 35.8 Å². The minimum Gasteiger partial charge on any atom is -0.302 e. The van der Waals surface area contributed by atoms with Crippen LogP contribution in [-0.2, 0) is 4.79 Å². The Hall–Kier alpha value is -1.88. The molecule has 2 aliphatic heterocycles. The molecule has 3 fully saturated rings. The van der Waals surface area contributed by atoms with E-state index in [1.807, 2.05) is 0 Å². The highest BCUT2D eigenvalue weighted by Crippen LogP contribution is 2.53. The van der Waals surface area contributed by atoms with Crippen molar-refractivity contribution in [1.82, 2.24) is 15.3 Å². The van der Waals surface area contributed by atoms with Crippen LogP contribution in [0.3, 0.4) is 0 Å². The minimum absolute atomic E-state index is 0.0135. The first-order valence-electron chi connectivity index (χ1n) is 10.4. The quantitative estimate of drug-likeness (QED) is 0.759. The number of alkyl halides is 1. The minimum atomic E-state index is -0.130. The second-order valence-electron chi connectivity index (χ2n) is 8.77. The van der Waals surface area contributed by atoms with Gasteiger partial charge in [0.15, 0.2) is 0 Å². The Kier molecular flexibility index (Phi) is 5.95. The second kappa shape index (κ2) is 8.47. The molecule has 29 heavy (non-hydrogen) atoms. The summed E-state index contributed by atoms with van der Waals surface area (Å²) < 4.78 is 0. The van der Waals surface area contributed by atoms with Gasteiger partial charge in [0.1, 0.15) is 5.88 Å². The van der Waals surface area contributed by atoms with Gasteiger partial charge in [-0.2, -0.15) is 0 Å². The lowest BCUT2D eigenvalue weighted by Crippen LogP contribution is -2.56. The highest BCUT2D eigenvalue weighted by atomic mass is 35.5. The Morgan fingerprint density at radius 2 is 1.55 bits per heavy atom. The highest BCUT2D eigenvalue weighted by Gasteiger charge is 2.52. The number of halogens is 1. The fraction of sp³-hybridized carbons (Fsp3) is 0.458. The molecule has 4 nitrogen and oxygen atoms in total. The fourth-order valence-electron chi connectivity index (χ4n) is 5.47. The predicted octanol–water partition coefficient (Wildman–Crippen LogP) is 3.85. The molecule has 0 spiro atoms. The third kappa shape index (κ3) is 4.07. The van der Waals surface area contributed by atoms with Crippen LogP contribution in [0.2, 0.25) is 0 Å². The number of rotatable bonds is 5. The van der Waals surface area contributed by atoms with Gasteiger partial charge >= 0.3 is 0 Å². The van der Waals surface area contributed by atoms with Crippen LogP contribution in [0.15, 0.2) is 60.7 Å². The number of hydrogen-bond acceptors (Lipinski definition) is 3. The van der Waals surface area contributed by atoms with Crippen molar-refractivity contribution < 1.29 is 4.79 Å². The Labute approximate surface area is 178 Å². The van der Waals surface area contributed by atoms with Crippen LogP contribution in [-0.4, -0.2) is 54.4 Å². The van der Waals surface area contributed by atoms with Crippen LogP contribution >= 0.6 is 11.6 Å². The maximum Gasteiger partial charge on any atom is 0.249 e. The van der Waals surface area contributed by atoms with E-state index in [4.69, 9.17) is 11.6 Å². The lowest BCUT2D eigenvalue weighted by atomic mass is 9.61. The molecule has 2 heterocycles. The summed E-state index contributed by atoms with van der Waals surface area (Å²) in [6.07, 6.45) is 2.18. The molecule has 1 amide bonds. The number of carbonyl (C=O) groups is 1. The Balaban J connectivity index is 1.79. The van der Waals surface area contributed by atoms with Crippen molar-refractivity contribution >= 4 is 17.5 Å².